The maximum atomic E-state index is 13.6. The minimum Gasteiger partial charge on any atom is -0.353 e. The molecule has 3 heterocycles. The number of carbonyl (C=O) groups excluding carboxylic acids is 3. The number of carbonyl (C=O) groups is 3. The van der Waals surface area contributed by atoms with E-state index in [0.717, 1.165) is 0 Å². The molecule has 1 unspecified atom stereocenters. The molecule has 1 atom stereocenters. The molecule has 4 rings (SSSR count). The number of likely N-dealkylation sites (tertiary alicyclic amines) is 1. The molecule has 1 aromatic heterocycles. The van der Waals surface area contributed by atoms with Crippen LogP contribution >= 0.6 is 0 Å². The van der Waals surface area contributed by atoms with Gasteiger partial charge in [0.25, 0.3) is 5.91 Å². The Bertz CT molecular complexity index is 1050. The van der Waals surface area contributed by atoms with Gasteiger partial charge in [-0.2, -0.15) is 0 Å². The summed E-state index contributed by atoms with van der Waals surface area (Å²) in [5, 5.41) is 2.86. The van der Waals surface area contributed by atoms with Crippen LogP contribution in [0.4, 0.5) is 4.39 Å². The van der Waals surface area contributed by atoms with Crippen LogP contribution in [-0.2, 0) is 20.9 Å². The minimum absolute atomic E-state index is 0.0426. The van der Waals surface area contributed by atoms with Gasteiger partial charge >= 0.3 is 0 Å². The first-order valence-electron chi connectivity index (χ1n) is 12.0. The summed E-state index contributed by atoms with van der Waals surface area (Å²) in [5.74, 6) is -0.863. The quantitative estimate of drug-likeness (QED) is 0.684. The molecular formula is C26H31FN4O4. The fourth-order valence-electron chi connectivity index (χ4n) is 4.68. The molecule has 0 aliphatic carbocycles. The normalized spacial score (nSPS) is 19.3. The van der Waals surface area contributed by atoms with Crippen molar-refractivity contribution in [2.45, 2.75) is 51.4 Å². The molecule has 3 amide bonds. The van der Waals surface area contributed by atoms with Crippen molar-refractivity contribution in [3.05, 3.63) is 65.7 Å². The Morgan fingerprint density at radius 3 is 2.49 bits per heavy atom. The van der Waals surface area contributed by atoms with Crippen LogP contribution in [0.15, 0.2) is 48.7 Å². The molecule has 186 valence electrons. The number of aromatic nitrogens is 1. The van der Waals surface area contributed by atoms with Crippen LogP contribution in [0.3, 0.4) is 0 Å². The van der Waals surface area contributed by atoms with Crippen molar-refractivity contribution >= 4 is 17.7 Å². The molecule has 1 aromatic carbocycles. The lowest BCUT2D eigenvalue weighted by molar-refractivity contribution is -0.144. The number of pyridine rings is 1. The molecule has 8 nitrogen and oxygen atoms in total. The molecule has 0 saturated carbocycles. The third-order valence-electron chi connectivity index (χ3n) is 6.52. The van der Waals surface area contributed by atoms with Gasteiger partial charge in [-0.1, -0.05) is 19.9 Å². The Morgan fingerprint density at radius 1 is 1.14 bits per heavy atom. The third kappa shape index (κ3) is 5.51. The van der Waals surface area contributed by atoms with Crippen molar-refractivity contribution in [3.63, 3.8) is 0 Å². The topological polar surface area (TPSA) is 91.8 Å². The highest BCUT2D eigenvalue weighted by atomic mass is 19.1. The fourth-order valence-corrected chi connectivity index (χ4v) is 4.68. The van der Waals surface area contributed by atoms with Crippen molar-refractivity contribution in [3.8, 4) is 0 Å². The second-order valence-corrected chi connectivity index (χ2v) is 9.47. The molecule has 2 aromatic rings. The van der Waals surface area contributed by atoms with Crippen molar-refractivity contribution in [1.82, 2.24) is 20.1 Å². The van der Waals surface area contributed by atoms with Crippen LogP contribution in [0.5, 0.6) is 0 Å². The van der Waals surface area contributed by atoms with Gasteiger partial charge in [0, 0.05) is 44.1 Å². The number of nitrogens with zero attached hydrogens (tertiary/aromatic N) is 3. The summed E-state index contributed by atoms with van der Waals surface area (Å²) >= 11 is 0. The van der Waals surface area contributed by atoms with E-state index in [9.17, 15) is 18.8 Å². The van der Waals surface area contributed by atoms with Crippen molar-refractivity contribution in [2.24, 2.45) is 5.92 Å². The summed E-state index contributed by atoms with van der Waals surface area (Å²) in [6.07, 6.45) is 2.90. The van der Waals surface area contributed by atoms with Gasteiger partial charge in [0.15, 0.2) is 0 Å². The number of hydrogen-bond donors (Lipinski definition) is 1. The van der Waals surface area contributed by atoms with Crippen LogP contribution < -0.4 is 5.32 Å². The second kappa shape index (κ2) is 10.5. The number of benzene rings is 1. The molecule has 9 heteroatoms. The number of halogens is 1. The summed E-state index contributed by atoms with van der Waals surface area (Å²) in [6, 6.07) is 9.84. The zero-order valence-corrected chi connectivity index (χ0v) is 20.1. The largest absolute Gasteiger partial charge is 0.353 e. The second-order valence-electron chi connectivity index (χ2n) is 9.47. The number of amides is 3. The summed E-state index contributed by atoms with van der Waals surface area (Å²) in [5.41, 5.74) is -0.0347. The van der Waals surface area contributed by atoms with E-state index in [4.69, 9.17) is 4.74 Å². The van der Waals surface area contributed by atoms with Gasteiger partial charge in [0.05, 0.1) is 18.8 Å². The molecule has 2 fully saturated rings. The average Bonchev–Trinajstić information content (AvgIpc) is 3.21. The van der Waals surface area contributed by atoms with Crippen molar-refractivity contribution in [1.29, 1.82) is 0 Å². The first-order chi connectivity index (χ1) is 16.8. The van der Waals surface area contributed by atoms with Gasteiger partial charge in [-0.3, -0.25) is 24.3 Å². The van der Waals surface area contributed by atoms with Crippen LogP contribution in [-0.4, -0.2) is 64.0 Å². The Morgan fingerprint density at radius 2 is 1.86 bits per heavy atom. The smallest absolute Gasteiger partial charge is 0.256 e. The van der Waals surface area contributed by atoms with Crippen LogP contribution in [0, 0.1) is 11.7 Å². The predicted molar refractivity (Wildman–Crippen MR) is 126 cm³/mol. The number of ether oxygens (including phenoxy) is 1. The van der Waals surface area contributed by atoms with Crippen LogP contribution in [0.1, 0.15) is 49.2 Å². The first kappa shape index (κ1) is 24.8. The summed E-state index contributed by atoms with van der Waals surface area (Å²) < 4.78 is 19.7. The molecule has 2 saturated heterocycles. The highest BCUT2D eigenvalue weighted by Gasteiger charge is 2.54. The third-order valence-corrected chi connectivity index (χ3v) is 6.52. The molecule has 0 bridgehead atoms. The SMILES string of the molecule is CC(C)CC(=O)N1CCC2(CC1)OCC(C(=O)NCc1ccccn1)N2C(=O)c1ccc(F)cc1. The molecule has 0 radical (unpaired) electrons. The molecule has 35 heavy (non-hydrogen) atoms. The Hall–Kier alpha value is -3.33. The number of nitrogens with one attached hydrogen (secondary N) is 1. The lowest BCUT2D eigenvalue weighted by Gasteiger charge is -2.44. The van der Waals surface area contributed by atoms with E-state index in [1.165, 1.54) is 29.2 Å². The van der Waals surface area contributed by atoms with Crippen molar-refractivity contribution in [2.75, 3.05) is 19.7 Å². The van der Waals surface area contributed by atoms with Crippen LogP contribution in [0.25, 0.3) is 0 Å². The Balaban J connectivity index is 1.54. The van der Waals surface area contributed by atoms with Crippen LogP contribution in [0.2, 0.25) is 0 Å². The summed E-state index contributed by atoms with van der Waals surface area (Å²) in [7, 11) is 0. The van der Waals surface area contributed by atoms with E-state index in [1.807, 2.05) is 19.9 Å². The molecule has 1 spiro atoms. The van der Waals surface area contributed by atoms with Gasteiger partial charge in [0.1, 0.15) is 17.6 Å². The van der Waals surface area contributed by atoms with E-state index in [1.54, 1.807) is 23.2 Å². The zero-order chi connectivity index (χ0) is 25.0. The zero-order valence-electron chi connectivity index (χ0n) is 20.1. The molecular weight excluding hydrogens is 451 g/mol. The molecule has 2 aliphatic rings. The Kier molecular flexibility index (Phi) is 7.45. The van der Waals surface area contributed by atoms with E-state index in [2.05, 4.69) is 10.3 Å². The highest BCUT2D eigenvalue weighted by Crippen LogP contribution is 2.38. The van der Waals surface area contributed by atoms with Gasteiger partial charge in [-0.25, -0.2) is 4.39 Å². The van der Waals surface area contributed by atoms with Crippen molar-refractivity contribution < 1.29 is 23.5 Å². The monoisotopic (exact) mass is 482 g/mol. The molecule has 1 N–H and O–H groups in total. The fraction of sp³-hybridized carbons (Fsp3) is 0.462. The summed E-state index contributed by atoms with van der Waals surface area (Å²) in [6.45, 7) is 5.13. The number of piperidine rings is 1. The van der Waals surface area contributed by atoms with E-state index < -0.39 is 23.5 Å². The number of hydrogen-bond acceptors (Lipinski definition) is 5. The lowest BCUT2D eigenvalue weighted by Crippen LogP contribution is -2.59. The average molecular weight is 483 g/mol. The van der Waals surface area contributed by atoms with Gasteiger partial charge in [-0.05, 0) is 42.3 Å². The van der Waals surface area contributed by atoms with E-state index in [-0.39, 0.29) is 36.4 Å². The summed E-state index contributed by atoms with van der Waals surface area (Å²) in [4.78, 5) is 46.9. The predicted octanol–water partition coefficient (Wildman–Crippen LogP) is 2.74. The van der Waals surface area contributed by atoms with E-state index in [0.29, 0.717) is 38.0 Å². The Labute approximate surface area is 204 Å². The first-order valence-corrected chi connectivity index (χ1v) is 12.0. The highest BCUT2D eigenvalue weighted by molar-refractivity contribution is 5.98. The maximum Gasteiger partial charge on any atom is 0.256 e. The van der Waals surface area contributed by atoms with Gasteiger partial charge in [-0.15, -0.1) is 0 Å². The van der Waals surface area contributed by atoms with E-state index >= 15 is 0 Å². The van der Waals surface area contributed by atoms with Gasteiger partial charge in [0.2, 0.25) is 11.8 Å². The number of rotatable bonds is 6. The standard InChI is InChI=1S/C26H31FN4O4/c1-18(2)15-23(32)30-13-10-26(11-14-30)31(25(34)19-6-8-20(27)9-7-19)22(17-35-26)24(33)29-16-21-5-3-4-12-28-21/h3-9,12,18,22H,10-11,13-17H2,1-2H3,(H,29,33). The van der Waals surface area contributed by atoms with Gasteiger partial charge < -0.3 is 15.0 Å². The molecule has 2 aliphatic heterocycles. The minimum atomic E-state index is -1.01. The maximum absolute atomic E-state index is 13.6. The lowest BCUT2D eigenvalue weighted by atomic mass is 9.96.